The number of rotatable bonds is 5. The lowest BCUT2D eigenvalue weighted by molar-refractivity contribution is -0.115. The van der Waals surface area contributed by atoms with Gasteiger partial charge in [0, 0.05) is 0 Å². The fourth-order valence-corrected chi connectivity index (χ4v) is 4.01. The molecule has 0 atom stereocenters. The molecule has 1 aromatic heterocycles. The van der Waals surface area contributed by atoms with Crippen molar-refractivity contribution in [1.82, 2.24) is 10.2 Å². The minimum atomic E-state index is -0.179. The monoisotopic (exact) mass is 371 g/mol. The molecule has 9 heteroatoms. The fourth-order valence-electron chi connectivity index (χ4n) is 2.06. The van der Waals surface area contributed by atoms with Crippen LogP contribution in [0.25, 0.3) is 0 Å². The highest BCUT2D eigenvalue weighted by atomic mass is 35.5. The Morgan fingerprint density at radius 1 is 1.39 bits per heavy atom. The number of ether oxygens (including phenoxy) is 2. The van der Waals surface area contributed by atoms with Gasteiger partial charge in [-0.25, -0.2) is 0 Å². The first-order valence-corrected chi connectivity index (χ1v) is 9.18. The number of thioether (sulfide) groups is 1. The van der Waals surface area contributed by atoms with Crippen molar-refractivity contribution in [2.75, 3.05) is 24.3 Å². The van der Waals surface area contributed by atoms with Gasteiger partial charge in [-0.15, -0.1) is 10.2 Å². The Labute approximate surface area is 146 Å². The molecule has 0 bridgehead atoms. The van der Waals surface area contributed by atoms with Gasteiger partial charge in [-0.05, 0) is 23.4 Å². The van der Waals surface area contributed by atoms with E-state index >= 15 is 0 Å². The molecule has 122 valence electrons. The summed E-state index contributed by atoms with van der Waals surface area (Å²) in [5, 5.41) is 11.6. The molecule has 3 rings (SSSR count). The molecule has 23 heavy (non-hydrogen) atoms. The predicted molar refractivity (Wildman–Crippen MR) is 91.1 cm³/mol. The van der Waals surface area contributed by atoms with E-state index in [0.717, 1.165) is 15.7 Å². The van der Waals surface area contributed by atoms with Crippen molar-refractivity contribution in [2.24, 2.45) is 0 Å². The van der Waals surface area contributed by atoms with Crippen molar-refractivity contribution in [3.05, 3.63) is 22.7 Å². The maximum Gasteiger partial charge on any atom is 0.230 e. The largest absolute Gasteiger partial charge is 0.486 e. The van der Waals surface area contributed by atoms with E-state index in [9.17, 15) is 4.79 Å². The number of benzene rings is 1. The summed E-state index contributed by atoms with van der Waals surface area (Å²) in [4.78, 5) is 12.1. The van der Waals surface area contributed by atoms with Crippen LogP contribution < -0.4 is 14.8 Å². The van der Waals surface area contributed by atoms with Gasteiger partial charge in [0.2, 0.25) is 11.0 Å². The normalized spacial score (nSPS) is 13.0. The van der Waals surface area contributed by atoms with Gasteiger partial charge in [-0.2, -0.15) is 0 Å². The Kier molecular flexibility index (Phi) is 5.24. The minimum absolute atomic E-state index is 0.173. The SMILES string of the molecule is CCSc1nnc(NC(=O)Cc2cc(Cl)c3c(c2)OCCO3)s1. The fraction of sp³-hybridized carbons (Fsp3) is 0.357. The van der Waals surface area contributed by atoms with Crippen LogP contribution >= 0.6 is 34.7 Å². The molecule has 6 nitrogen and oxygen atoms in total. The van der Waals surface area contributed by atoms with Crippen LogP contribution in [-0.2, 0) is 11.2 Å². The van der Waals surface area contributed by atoms with Gasteiger partial charge in [-0.1, -0.05) is 41.6 Å². The summed E-state index contributed by atoms with van der Waals surface area (Å²) in [6.45, 7) is 2.99. The third-order valence-electron chi connectivity index (χ3n) is 2.94. The van der Waals surface area contributed by atoms with Crippen LogP contribution in [0.4, 0.5) is 5.13 Å². The van der Waals surface area contributed by atoms with Crippen molar-refractivity contribution in [1.29, 1.82) is 0 Å². The van der Waals surface area contributed by atoms with Crippen LogP contribution in [0.1, 0.15) is 12.5 Å². The Bertz CT molecular complexity index is 723. The first-order chi connectivity index (χ1) is 11.2. The zero-order valence-electron chi connectivity index (χ0n) is 12.3. The lowest BCUT2D eigenvalue weighted by atomic mass is 10.1. The maximum atomic E-state index is 12.1. The lowest BCUT2D eigenvalue weighted by Gasteiger charge is -2.20. The van der Waals surface area contributed by atoms with Crippen LogP contribution in [0.5, 0.6) is 11.5 Å². The summed E-state index contributed by atoms with van der Waals surface area (Å²) in [5.74, 6) is 1.84. The number of amides is 1. The molecular formula is C14H14ClN3O3S2. The number of fused-ring (bicyclic) bond motifs is 1. The number of halogens is 1. The summed E-state index contributed by atoms with van der Waals surface area (Å²) >= 11 is 9.12. The maximum absolute atomic E-state index is 12.1. The molecule has 2 heterocycles. The van der Waals surface area contributed by atoms with E-state index in [1.807, 2.05) is 6.92 Å². The van der Waals surface area contributed by atoms with Gasteiger partial charge >= 0.3 is 0 Å². The molecule has 1 aliphatic rings. The highest BCUT2D eigenvalue weighted by Crippen LogP contribution is 2.38. The second-order valence-electron chi connectivity index (χ2n) is 4.63. The Hall–Kier alpha value is -1.51. The number of carbonyl (C=O) groups excluding carboxylic acids is 1. The molecule has 1 N–H and O–H groups in total. The van der Waals surface area contributed by atoms with E-state index in [1.165, 1.54) is 11.3 Å². The molecule has 0 radical (unpaired) electrons. The minimum Gasteiger partial charge on any atom is -0.486 e. The average molecular weight is 372 g/mol. The highest BCUT2D eigenvalue weighted by Gasteiger charge is 2.18. The molecule has 1 aromatic carbocycles. The standard InChI is InChI=1S/C14H14ClN3O3S2/c1-2-22-14-18-17-13(23-14)16-11(19)7-8-5-9(15)12-10(6-8)20-3-4-21-12/h5-6H,2-4,7H2,1H3,(H,16,17,19). The third kappa shape index (κ3) is 4.07. The molecule has 0 unspecified atom stereocenters. The summed E-state index contributed by atoms with van der Waals surface area (Å²) in [6, 6.07) is 3.49. The van der Waals surface area contributed by atoms with Crippen molar-refractivity contribution in [3.8, 4) is 11.5 Å². The highest BCUT2D eigenvalue weighted by molar-refractivity contribution is 8.01. The number of carbonyl (C=O) groups is 1. The summed E-state index contributed by atoms with van der Waals surface area (Å²) in [6.07, 6.45) is 0.173. The van der Waals surface area contributed by atoms with Gasteiger partial charge in [0.25, 0.3) is 0 Å². The molecule has 1 amide bonds. The van der Waals surface area contributed by atoms with Crippen LogP contribution in [0, 0.1) is 0 Å². The number of hydrogen-bond donors (Lipinski definition) is 1. The number of aromatic nitrogens is 2. The zero-order valence-corrected chi connectivity index (χ0v) is 14.7. The smallest absolute Gasteiger partial charge is 0.230 e. The van der Waals surface area contributed by atoms with Crippen molar-refractivity contribution in [2.45, 2.75) is 17.7 Å². The Balaban J connectivity index is 1.66. The number of anilines is 1. The average Bonchev–Trinajstić information content (AvgIpc) is 2.94. The second kappa shape index (κ2) is 7.37. The summed E-state index contributed by atoms with van der Waals surface area (Å²) in [7, 11) is 0. The summed E-state index contributed by atoms with van der Waals surface area (Å²) in [5.41, 5.74) is 0.754. The van der Waals surface area contributed by atoms with Crippen LogP contribution in [-0.4, -0.2) is 35.1 Å². The molecule has 2 aromatic rings. The number of nitrogens with zero attached hydrogens (tertiary/aromatic N) is 2. The quantitative estimate of drug-likeness (QED) is 0.642. The lowest BCUT2D eigenvalue weighted by Crippen LogP contribution is -2.17. The van der Waals surface area contributed by atoms with Gasteiger partial charge in [0.05, 0.1) is 11.4 Å². The van der Waals surface area contributed by atoms with Crippen molar-refractivity contribution >= 4 is 45.7 Å². The van der Waals surface area contributed by atoms with Crippen molar-refractivity contribution < 1.29 is 14.3 Å². The molecule has 0 fully saturated rings. The second-order valence-corrected chi connectivity index (χ2v) is 7.53. The Morgan fingerprint density at radius 2 is 2.22 bits per heavy atom. The van der Waals surface area contributed by atoms with Gasteiger partial charge in [0.15, 0.2) is 15.8 Å². The van der Waals surface area contributed by atoms with Crippen LogP contribution in [0.15, 0.2) is 16.5 Å². The van der Waals surface area contributed by atoms with Gasteiger partial charge in [0.1, 0.15) is 13.2 Å². The topological polar surface area (TPSA) is 73.3 Å². The van der Waals surface area contributed by atoms with E-state index in [2.05, 4.69) is 15.5 Å². The zero-order chi connectivity index (χ0) is 16.2. The van der Waals surface area contributed by atoms with Gasteiger partial charge in [-0.3, -0.25) is 4.79 Å². The number of nitrogens with one attached hydrogen (secondary N) is 1. The predicted octanol–water partition coefficient (Wildman–Crippen LogP) is 3.26. The first-order valence-electron chi connectivity index (χ1n) is 7.00. The van der Waals surface area contributed by atoms with E-state index in [4.69, 9.17) is 21.1 Å². The van der Waals surface area contributed by atoms with Crippen LogP contribution in [0.3, 0.4) is 0 Å². The molecular weight excluding hydrogens is 358 g/mol. The Morgan fingerprint density at radius 3 is 3.04 bits per heavy atom. The van der Waals surface area contributed by atoms with E-state index < -0.39 is 0 Å². The molecule has 0 saturated heterocycles. The first kappa shape index (κ1) is 16.4. The molecule has 1 aliphatic heterocycles. The van der Waals surface area contributed by atoms with E-state index in [1.54, 1.807) is 23.9 Å². The molecule has 0 aliphatic carbocycles. The number of hydrogen-bond acceptors (Lipinski definition) is 7. The third-order valence-corrected chi connectivity index (χ3v) is 5.08. The van der Waals surface area contributed by atoms with Crippen molar-refractivity contribution in [3.63, 3.8) is 0 Å². The van der Waals surface area contributed by atoms with E-state index in [0.29, 0.717) is 34.9 Å². The van der Waals surface area contributed by atoms with Crippen LogP contribution in [0.2, 0.25) is 5.02 Å². The molecule has 0 spiro atoms. The van der Waals surface area contributed by atoms with Gasteiger partial charge < -0.3 is 14.8 Å². The summed E-state index contributed by atoms with van der Waals surface area (Å²) < 4.78 is 11.8. The van der Waals surface area contributed by atoms with E-state index in [-0.39, 0.29) is 12.3 Å². The molecule has 0 saturated carbocycles.